The van der Waals surface area contributed by atoms with E-state index in [0.29, 0.717) is 15.6 Å². The molecule has 1 fully saturated rings. The van der Waals surface area contributed by atoms with Crippen LogP contribution in [-0.4, -0.2) is 30.9 Å². The first-order chi connectivity index (χ1) is 13.7. The summed E-state index contributed by atoms with van der Waals surface area (Å²) in [5.74, 6) is -0.0268. The fraction of sp³-hybridized carbons (Fsp3) is 0.333. The smallest absolute Gasteiger partial charge is 0.311 e. The molecule has 1 amide bonds. The van der Waals surface area contributed by atoms with Gasteiger partial charge in [0.1, 0.15) is 4.32 Å². The highest BCUT2D eigenvalue weighted by Crippen LogP contribution is 2.45. The summed E-state index contributed by atoms with van der Waals surface area (Å²) in [5, 5.41) is 20.9. The number of benzene rings is 2. The lowest BCUT2D eigenvalue weighted by molar-refractivity contribution is -0.385. The second-order valence-electron chi connectivity index (χ2n) is 7.65. The summed E-state index contributed by atoms with van der Waals surface area (Å²) < 4.78 is 0.576. The molecule has 1 atom stereocenters. The molecule has 0 radical (unpaired) electrons. The van der Waals surface area contributed by atoms with Crippen molar-refractivity contribution in [1.29, 1.82) is 0 Å². The zero-order valence-corrected chi connectivity index (χ0v) is 18.0. The largest absolute Gasteiger partial charge is 0.502 e. The van der Waals surface area contributed by atoms with E-state index >= 15 is 0 Å². The van der Waals surface area contributed by atoms with Crippen molar-refractivity contribution in [2.75, 3.05) is 5.75 Å². The molecule has 2 aromatic carbocycles. The summed E-state index contributed by atoms with van der Waals surface area (Å²) >= 11 is 6.84. The number of carbonyl (C=O) groups excluding carboxylic acids is 1. The fourth-order valence-corrected chi connectivity index (χ4v) is 4.61. The Labute approximate surface area is 179 Å². The van der Waals surface area contributed by atoms with Crippen LogP contribution in [0.1, 0.15) is 38.8 Å². The molecule has 152 valence electrons. The number of hydrogen-bond donors (Lipinski definition) is 1. The van der Waals surface area contributed by atoms with Gasteiger partial charge in [0, 0.05) is 6.07 Å². The first-order valence-electron chi connectivity index (χ1n) is 9.22. The van der Waals surface area contributed by atoms with Crippen LogP contribution >= 0.6 is 24.0 Å². The molecular formula is C21H22N2O4S2. The number of aromatic hydroxyl groups is 1. The van der Waals surface area contributed by atoms with E-state index in [2.05, 4.69) is 20.8 Å². The van der Waals surface area contributed by atoms with Crippen LogP contribution in [-0.2, 0) is 4.79 Å². The van der Waals surface area contributed by atoms with Crippen LogP contribution in [0.25, 0.3) is 11.1 Å². The number of carbonyl (C=O) groups is 1. The molecule has 0 aromatic heterocycles. The molecule has 1 N–H and O–H groups in total. The average molecular weight is 431 g/mol. The molecule has 8 heteroatoms. The van der Waals surface area contributed by atoms with Crippen LogP contribution in [0.15, 0.2) is 42.5 Å². The van der Waals surface area contributed by atoms with Crippen LogP contribution in [0.2, 0.25) is 0 Å². The Hall–Kier alpha value is -2.45. The van der Waals surface area contributed by atoms with Gasteiger partial charge in [0.05, 0.1) is 16.7 Å². The van der Waals surface area contributed by atoms with Gasteiger partial charge in [-0.3, -0.25) is 19.8 Å². The van der Waals surface area contributed by atoms with E-state index in [0.717, 1.165) is 17.5 Å². The Morgan fingerprint density at radius 2 is 1.97 bits per heavy atom. The van der Waals surface area contributed by atoms with Crippen LogP contribution in [0, 0.1) is 15.5 Å². The number of rotatable bonds is 6. The normalized spacial score (nSPS) is 15.6. The van der Waals surface area contributed by atoms with Crippen molar-refractivity contribution in [2.24, 2.45) is 5.41 Å². The van der Waals surface area contributed by atoms with Crippen molar-refractivity contribution < 1.29 is 14.8 Å². The third-order valence-electron chi connectivity index (χ3n) is 5.40. The lowest BCUT2D eigenvalue weighted by atomic mass is 9.77. The Bertz CT molecular complexity index is 974. The second kappa shape index (κ2) is 8.12. The summed E-state index contributed by atoms with van der Waals surface area (Å²) in [4.78, 5) is 24.9. The molecule has 0 aliphatic carbocycles. The molecule has 0 spiro atoms. The van der Waals surface area contributed by atoms with Gasteiger partial charge in [-0.2, -0.15) is 0 Å². The minimum absolute atomic E-state index is 0.00259. The summed E-state index contributed by atoms with van der Waals surface area (Å²) in [6, 6.07) is 11.7. The molecule has 1 unspecified atom stereocenters. The third-order valence-corrected chi connectivity index (χ3v) is 6.79. The number of phenols is 1. The molecule has 1 heterocycles. The zero-order valence-electron chi connectivity index (χ0n) is 16.4. The summed E-state index contributed by atoms with van der Waals surface area (Å²) in [5.41, 5.74) is 1.74. The number of nitro benzene ring substituents is 1. The summed E-state index contributed by atoms with van der Waals surface area (Å²) in [6.07, 6.45) is 0.837. The van der Waals surface area contributed by atoms with Gasteiger partial charge in [-0.1, -0.05) is 69.0 Å². The molecule has 2 aromatic rings. The van der Waals surface area contributed by atoms with E-state index in [-0.39, 0.29) is 28.8 Å². The molecule has 0 saturated carbocycles. The zero-order chi connectivity index (χ0) is 21.3. The number of hydrogen-bond acceptors (Lipinski definition) is 6. The Morgan fingerprint density at radius 1 is 1.28 bits per heavy atom. The van der Waals surface area contributed by atoms with E-state index in [1.807, 2.05) is 24.3 Å². The van der Waals surface area contributed by atoms with Gasteiger partial charge in [-0.15, -0.1) is 0 Å². The maximum absolute atomic E-state index is 12.6. The van der Waals surface area contributed by atoms with Gasteiger partial charge in [-0.05, 0) is 40.7 Å². The standard InChI is InChI=1S/C21H22N2O4S2/c1-4-21(2,3)19(22-18(25)12-29-20(22)28)15-7-5-6-13(10-15)14-8-9-17(24)16(11-14)23(26)27/h5-11,19,24H,4,12H2,1-3H3. The van der Waals surface area contributed by atoms with E-state index in [1.165, 1.54) is 23.9 Å². The molecule has 1 aliphatic heterocycles. The van der Waals surface area contributed by atoms with E-state index in [9.17, 15) is 20.0 Å². The van der Waals surface area contributed by atoms with Gasteiger partial charge < -0.3 is 5.11 Å². The molecular weight excluding hydrogens is 408 g/mol. The second-order valence-corrected chi connectivity index (χ2v) is 9.26. The first kappa shape index (κ1) is 21.3. The van der Waals surface area contributed by atoms with Crippen LogP contribution in [0.5, 0.6) is 5.75 Å². The number of thioether (sulfide) groups is 1. The van der Waals surface area contributed by atoms with Gasteiger partial charge >= 0.3 is 5.69 Å². The average Bonchev–Trinajstić information content (AvgIpc) is 3.01. The van der Waals surface area contributed by atoms with Crippen molar-refractivity contribution in [2.45, 2.75) is 33.2 Å². The van der Waals surface area contributed by atoms with Gasteiger partial charge in [0.25, 0.3) is 0 Å². The number of phenolic OH excluding ortho intramolecular Hbond substituents is 1. The highest BCUT2D eigenvalue weighted by Gasteiger charge is 2.41. The SMILES string of the molecule is CCC(C)(C)C(c1cccc(-c2ccc(O)c([N+](=O)[O-])c2)c1)N1C(=O)CSC1=S. The van der Waals surface area contributed by atoms with Crippen molar-refractivity contribution in [1.82, 2.24) is 4.90 Å². The van der Waals surface area contributed by atoms with Crippen molar-refractivity contribution >= 4 is 39.9 Å². The highest BCUT2D eigenvalue weighted by molar-refractivity contribution is 8.23. The number of nitrogens with zero attached hydrogens (tertiary/aromatic N) is 2. The Balaban J connectivity index is 2.10. The van der Waals surface area contributed by atoms with E-state index in [4.69, 9.17) is 12.2 Å². The quantitative estimate of drug-likeness (QED) is 0.380. The first-order valence-corrected chi connectivity index (χ1v) is 10.6. The molecule has 6 nitrogen and oxygen atoms in total. The fourth-order valence-electron chi connectivity index (χ4n) is 3.49. The van der Waals surface area contributed by atoms with Crippen LogP contribution < -0.4 is 0 Å². The van der Waals surface area contributed by atoms with E-state index in [1.54, 1.807) is 11.0 Å². The van der Waals surface area contributed by atoms with Crippen LogP contribution in [0.4, 0.5) is 5.69 Å². The topological polar surface area (TPSA) is 83.7 Å². The number of amides is 1. The van der Waals surface area contributed by atoms with E-state index < -0.39 is 4.92 Å². The van der Waals surface area contributed by atoms with Crippen molar-refractivity contribution in [3.05, 3.63) is 58.1 Å². The number of nitro groups is 1. The predicted octanol–water partition coefficient (Wildman–Crippen LogP) is 5.31. The van der Waals surface area contributed by atoms with Gasteiger partial charge in [0.15, 0.2) is 5.75 Å². The van der Waals surface area contributed by atoms with Crippen molar-refractivity contribution in [3.8, 4) is 16.9 Å². The molecule has 1 aliphatic rings. The monoisotopic (exact) mass is 430 g/mol. The van der Waals surface area contributed by atoms with Gasteiger partial charge in [-0.25, -0.2) is 0 Å². The minimum atomic E-state index is -0.607. The number of thiocarbonyl (C=S) groups is 1. The van der Waals surface area contributed by atoms with Crippen LogP contribution in [0.3, 0.4) is 0 Å². The predicted molar refractivity (Wildman–Crippen MR) is 119 cm³/mol. The Morgan fingerprint density at radius 3 is 2.55 bits per heavy atom. The molecule has 3 rings (SSSR count). The third kappa shape index (κ3) is 4.13. The minimum Gasteiger partial charge on any atom is -0.502 e. The maximum atomic E-state index is 12.6. The highest BCUT2D eigenvalue weighted by atomic mass is 32.2. The molecule has 0 bridgehead atoms. The summed E-state index contributed by atoms with van der Waals surface area (Å²) in [7, 11) is 0. The Kier molecular flexibility index (Phi) is 5.95. The molecule has 1 saturated heterocycles. The lowest BCUT2D eigenvalue weighted by Gasteiger charge is -2.40. The maximum Gasteiger partial charge on any atom is 0.311 e. The molecule has 29 heavy (non-hydrogen) atoms. The lowest BCUT2D eigenvalue weighted by Crippen LogP contribution is -2.41. The van der Waals surface area contributed by atoms with Crippen molar-refractivity contribution in [3.63, 3.8) is 0 Å². The van der Waals surface area contributed by atoms with Gasteiger partial charge in [0.2, 0.25) is 5.91 Å². The summed E-state index contributed by atoms with van der Waals surface area (Å²) in [6.45, 7) is 6.29.